The van der Waals surface area contributed by atoms with Gasteiger partial charge in [-0.25, -0.2) is 4.99 Å². The molecule has 1 aromatic heterocycles. The predicted octanol–water partition coefficient (Wildman–Crippen LogP) is 3.68. The molecule has 128 valence electrons. The molecule has 0 saturated heterocycles. The van der Waals surface area contributed by atoms with Crippen LogP contribution < -0.4 is 5.56 Å². The van der Waals surface area contributed by atoms with Crippen molar-refractivity contribution in [1.29, 1.82) is 0 Å². The molecule has 0 fully saturated rings. The first-order valence-electron chi connectivity index (χ1n) is 7.03. The van der Waals surface area contributed by atoms with Crippen LogP contribution in [0.3, 0.4) is 0 Å². The van der Waals surface area contributed by atoms with Gasteiger partial charge in [0.15, 0.2) is 9.94 Å². The number of halogens is 1. The fourth-order valence-corrected chi connectivity index (χ4v) is 3.37. The molecule has 0 amide bonds. The number of aliphatic imine (C=N–C) groups is 2. The Labute approximate surface area is 153 Å². The first-order chi connectivity index (χ1) is 11.1. The molecule has 0 unspecified atom stereocenters. The molecule has 0 atom stereocenters. The Morgan fingerprint density at radius 1 is 1.54 bits per heavy atom. The summed E-state index contributed by atoms with van der Waals surface area (Å²) in [4.78, 5) is 23.8. The van der Waals surface area contributed by atoms with Crippen LogP contribution in [0.2, 0.25) is 0 Å². The number of aromatic nitrogens is 2. The Hall–Kier alpha value is -1.64. The van der Waals surface area contributed by atoms with Gasteiger partial charge in [0.25, 0.3) is 5.56 Å². The van der Waals surface area contributed by atoms with Crippen LogP contribution in [0.15, 0.2) is 32.3 Å². The van der Waals surface area contributed by atoms with Gasteiger partial charge in [-0.3, -0.25) is 19.3 Å². The van der Waals surface area contributed by atoms with E-state index in [9.17, 15) is 9.90 Å². The lowest BCUT2D eigenvalue weighted by molar-refractivity contribution is 0.412. The van der Waals surface area contributed by atoms with E-state index >= 15 is 0 Å². The van der Waals surface area contributed by atoms with Gasteiger partial charge in [0, 0.05) is 6.54 Å². The smallest absolute Gasteiger partial charge is 0.262 e. The van der Waals surface area contributed by atoms with Gasteiger partial charge in [-0.1, -0.05) is 17.7 Å². The van der Waals surface area contributed by atoms with Crippen LogP contribution in [-0.2, 0) is 6.54 Å². The van der Waals surface area contributed by atoms with Crippen LogP contribution in [0.4, 0.5) is 0 Å². The predicted molar refractivity (Wildman–Crippen MR) is 104 cm³/mol. The third-order valence-corrected chi connectivity index (χ3v) is 4.44. The quantitative estimate of drug-likeness (QED) is 0.615. The summed E-state index contributed by atoms with van der Waals surface area (Å²) in [6, 6.07) is 0. The third-order valence-electron chi connectivity index (χ3n) is 2.82. The summed E-state index contributed by atoms with van der Waals surface area (Å²) >= 11 is 12.4. The van der Waals surface area contributed by atoms with Crippen molar-refractivity contribution in [2.75, 3.05) is 0 Å². The van der Waals surface area contributed by atoms with Crippen LogP contribution in [-0.4, -0.2) is 30.5 Å². The number of amidine groups is 1. The first-order valence-corrected chi connectivity index (χ1v) is 8.63. The number of nitrogens with one attached hydrogen (secondary N) is 1. The number of rotatable bonds is 3. The molecule has 0 spiro atoms. The molecule has 24 heavy (non-hydrogen) atoms. The molecule has 0 aliphatic carbocycles. The number of H-pyrrole nitrogens is 1. The maximum absolute atomic E-state index is 12.1. The minimum absolute atomic E-state index is 0.0540. The van der Waals surface area contributed by atoms with Gasteiger partial charge < -0.3 is 5.11 Å². The number of hydrogen-bond donors (Lipinski definition) is 2. The summed E-state index contributed by atoms with van der Waals surface area (Å²) in [5.41, 5.74) is -0.746. The molecular weight excluding hydrogens is 368 g/mol. The Balaban J connectivity index is 2.50. The van der Waals surface area contributed by atoms with Crippen LogP contribution in [0.5, 0.6) is 5.88 Å². The molecule has 2 heterocycles. The molecule has 1 aliphatic heterocycles. The van der Waals surface area contributed by atoms with Crippen LogP contribution in [0.25, 0.3) is 6.08 Å². The van der Waals surface area contributed by atoms with Crippen molar-refractivity contribution in [1.82, 2.24) is 9.55 Å². The molecule has 9 heteroatoms. The van der Waals surface area contributed by atoms with Gasteiger partial charge in [-0.15, -0.1) is 6.58 Å². The zero-order valence-electron chi connectivity index (χ0n) is 13.5. The van der Waals surface area contributed by atoms with E-state index in [0.717, 1.165) is 0 Å². The van der Waals surface area contributed by atoms with Crippen LogP contribution in [0, 0.1) is 4.77 Å². The van der Waals surface area contributed by atoms with E-state index in [-0.39, 0.29) is 33.5 Å². The van der Waals surface area contributed by atoms with Crippen LogP contribution in [0.1, 0.15) is 26.3 Å². The van der Waals surface area contributed by atoms with Gasteiger partial charge in [0.1, 0.15) is 10.7 Å². The summed E-state index contributed by atoms with van der Waals surface area (Å²) in [7, 11) is 0. The Morgan fingerprint density at radius 3 is 2.79 bits per heavy atom. The number of aromatic amines is 1. The zero-order valence-corrected chi connectivity index (χ0v) is 15.8. The molecule has 1 aromatic rings. The second-order valence-corrected chi connectivity index (χ2v) is 7.73. The van der Waals surface area contributed by atoms with Crippen molar-refractivity contribution in [2.45, 2.75) is 32.9 Å². The fourth-order valence-electron chi connectivity index (χ4n) is 1.86. The monoisotopic (exact) mass is 384 g/mol. The number of aromatic hydroxyl groups is 1. The SMILES string of the molecule is C=CCn1c(O)c(C=C2SC(=NC(C)(C)C)N=C2Cl)c(=O)[nH]c1=S. The molecule has 6 nitrogen and oxygen atoms in total. The van der Waals surface area contributed by atoms with Crippen LogP contribution >= 0.6 is 35.6 Å². The van der Waals surface area contributed by atoms with Crippen molar-refractivity contribution in [3.63, 3.8) is 0 Å². The molecule has 1 aliphatic rings. The largest absolute Gasteiger partial charge is 0.494 e. The van der Waals surface area contributed by atoms with Crippen molar-refractivity contribution in [2.24, 2.45) is 9.98 Å². The lowest BCUT2D eigenvalue weighted by Crippen LogP contribution is -2.16. The molecule has 0 radical (unpaired) electrons. The molecule has 0 aromatic carbocycles. The molecule has 2 rings (SSSR count). The van der Waals surface area contributed by atoms with Gasteiger partial charge in [0.2, 0.25) is 5.88 Å². The van der Waals surface area contributed by atoms with E-state index in [4.69, 9.17) is 23.8 Å². The Morgan fingerprint density at radius 2 is 2.21 bits per heavy atom. The van der Waals surface area contributed by atoms with E-state index in [0.29, 0.717) is 10.1 Å². The average Bonchev–Trinajstić information content (AvgIpc) is 2.77. The highest BCUT2D eigenvalue weighted by Gasteiger charge is 2.22. The zero-order chi connectivity index (χ0) is 18.1. The first kappa shape index (κ1) is 18.7. The van der Waals surface area contributed by atoms with Gasteiger partial charge >= 0.3 is 0 Å². The summed E-state index contributed by atoms with van der Waals surface area (Å²) in [6.07, 6.45) is 3.04. The normalized spacial score (nSPS) is 18.2. The lowest BCUT2D eigenvalue weighted by Gasteiger charge is -2.11. The highest BCUT2D eigenvalue weighted by molar-refractivity contribution is 8.18. The van der Waals surface area contributed by atoms with E-state index in [2.05, 4.69) is 21.5 Å². The molecule has 0 bridgehead atoms. The lowest BCUT2D eigenvalue weighted by atomic mass is 10.1. The number of nitrogens with zero attached hydrogens (tertiary/aromatic N) is 3. The average molecular weight is 385 g/mol. The van der Waals surface area contributed by atoms with E-state index in [1.54, 1.807) is 6.08 Å². The summed E-state index contributed by atoms with van der Waals surface area (Å²) in [5, 5.41) is 11.1. The van der Waals surface area contributed by atoms with E-state index in [1.807, 2.05) is 20.8 Å². The second-order valence-electron chi connectivity index (χ2n) is 5.97. The maximum Gasteiger partial charge on any atom is 0.262 e. The Kier molecular flexibility index (Phi) is 5.52. The maximum atomic E-state index is 12.1. The number of allylic oxidation sites excluding steroid dienone is 2. The van der Waals surface area contributed by atoms with E-state index in [1.165, 1.54) is 22.4 Å². The van der Waals surface area contributed by atoms with Gasteiger partial charge in [-0.05, 0) is 50.8 Å². The number of hydrogen-bond acceptors (Lipinski definition) is 5. The van der Waals surface area contributed by atoms with E-state index < -0.39 is 5.56 Å². The highest BCUT2D eigenvalue weighted by Crippen LogP contribution is 2.33. The van der Waals surface area contributed by atoms with Crippen molar-refractivity contribution >= 4 is 52.0 Å². The topological polar surface area (TPSA) is 82.7 Å². The van der Waals surface area contributed by atoms with Crippen molar-refractivity contribution < 1.29 is 5.11 Å². The molecule has 2 N–H and O–H groups in total. The van der Waals surface area contributed by atoms with Gasteiger partial charge in [-0.2, -0.15) is 0 Å². The Bertz CT molecular complexity index is 888. The van der Waals surface area contributed by atoms with Crippen molar-refractivity contribution in [3.05, 3.63) is 38.2 Å². The summed E-state index contributed by atoms with van der Waals surface area (Å²) in [6.45, 7) is 9.71. The highest BCUT2D eigenvalue weighted by atomic mass is 35.5. The minimum atomic E-state index is -0.503. The number of thioether (sulfide) groups is 1. The fraction of sp³-hybridized carbons (Fsp3) is 0.333. The minimum Gasteiger partial charge on any atom is -0.494 e. The molecule has 0 saturated carbocycles. The van der Waals surface area contributed by atoms with Crippen molar-refractivity contribution in [3.8, 4) is 5.88 Å². The van der Waals surface area contributed by atoms with Gasteiger partial charge in [0.05, 0.1) is 10.4 Å². The molecular formula is C15H17ClN4O2S2. The summed E-state index contributed by atoms with van der Waals surface area (Å²) < 4.78 is 1.48. The summed E-state index contributed by atoms with van der Waals surface area (Å²) in [5.74, 6) is -0.248. The second kappa shape index (κ2) is 7.08. The third kappa shape index (κ3) is 4.25. The standard InChI is InChI=1S/C15H17ClN4O2S2/c1-5-6-20-12(22)8(11(21)18-14(20)23)7-9-10(16)17-13(24-9)19-15(2,3)4/h5,7,22H,1,6H2,2-4H3,(H,18,21,23).